The van der Waals surface area contributed by atoms with E-state index >= 15 is 0 Å². The van der Waals surface area contributed by atoms with Gasteiger partial charge in [-0.25, -0.2) is 18.3 Å². The van der Waals surface area contributed by atoms with Crippen LogP contribution in [0.4, 0.5) is 25.1 Å². The third-order valence-corrected chi connectivity index (χ3v) is 15.2. The van der Waals surface area contributed by atoms with Crippen molar-refractivity contribution in [3.8, 4) is 17.3 Å². The maximum atomic E-state index is 14.5. The van der Waals surface area contributed by atoms with Crippen LogP contribution in [-0.2, 0) is 11.0 Å². The zero-order chi connectivity index (χ0) is 39.5. The van der Waals surface area contributed by atoms with Crippen LogP contribution in [0.2, 0.25) is 18.1 Å². The van der Waals surface area contributed by atoms with Crippen molar-refractivity contribution >= 4 is 25.9 Å². The molecule has 6 rings (SSSR count). The SMILES string of the molecule is COc1ccc(Cn2cc(N3C[C@@H](NC(=O)Nc4c(C)c(OC[C@H](C)O[Si](C)(C)C(C)(C)C)nn4-c4ccccc4)[C@H](c4ccc(F)c(F)c4)C3)cn2)cc1. The van der Waals surface area contributed by atoms with Gasteiger partial charge in [0.05, 0.1) is 48.9 Å². The summed E-state index contributed by atoms with van der Waals surface area (Å²) in [7, 11) is -0.391. The van der Waals surface area contributed by atoms with Crippen LogP contribution in [0.15, 0.2) is 85.2 Å². The van der Waals surface area contributed by atoms with Crippen LogP contribution in [0, 0.1) is 18.6 Å². The molecule has 0 saturated carbocycles. The van der Waals surface area contributed by atoms with Crippen LogP contribution >= 0.6 is 0 Å². The number of halogens is 2. The van der Waals surface area contributed by atoms with Gasteiger partial charge in [-0.15, -0.1) is 5.10 Å². The normalized spacial score (nSPS) is 16.6. The van der Waals surface area contributed by atoms with E-state index < -0.39 is 32.0 Å². The number of amides is 2. The quantitative estimate of drug-likeness (QED) is 0.116. The molecule has 14 heteroatoms. The number of carbonyl (C=O) groups excluding carboxylic acids is 1. The molecule has 2 aromatic heterocycles. The fourth-order valence-corrected chi connectivity index (χ4v) is 7.93. The number of nitrogens with zero attached hydrogens (tertiary/aromatic N) is 5. The molecule has 292 valence electrons. The standard InChI is InChI=1S/C41H51F2N7O4Si/c1-27(54-55(7,8)41(3,4)5)26-53-39-28(2)38(50(47-39)31-12-10-9-11-13-31)46-40(51)45-37-25-48(24-34(37)30-16-19-35(42)36(43)20-30)32-21-44-49(23-32)22-29-14-17-33(52-6)18-15-29/h9-21,23,27,34,37H,22,24-26H2,1-8H3,(H2,45,46,51)/t27-,34-,37+/m0/s1. The van der Waals surface area contributed by atoms with Crippen LogP contribution in [0.5, 0.6) is 11.6 Å². The molecule has 0 aliphatic carbocycles. The van der Waals surface area contributed by atoms with Crippen molar-refractivity contribution < 1.29 is 27.5 Å². The van der Waals surface area contributed by atoms with Crippen molar-refractivity contribution in [2.45, 2.75) is 77.4 Å². The van der Waals surface area contributed by atoms with Gasteiger partial charge < -0.3 is 24.1 Å². The highest BCUT2D eigenvalue weighted by molar-refractivity contribution is 6.74. The van der Waals surface area contributed by atoms with E-state index in [4.69, 9.17) is 19.0 Å². The molecule has 0 bridgehead atoms. The van der Waals surface area contributed by atoms with E-state index in [1.165, 1.54) is 6.07 Å². The fraction of sp³-hybridized carbons (Fsp3) is 0.390. The smallest absolute Gasteiger partial charge is 0.320 e. The van der Waals surface area contributed by atoms with Crippen LogP contribution in [0.3, 0.4) is 0 Å². The average molecular weight is 772 g/mol. The van der Waals surface area contributed by atoms with E-state index in [9.17, 15) is 13.6 Å². The zero-order valence-corrected chi connectivity index (χ0v) is 33.8. The largest absolute Gasteiger partial charge is 0.497 e. The lowest BCUT2D eigenvalue weighted by atomic mass is 9.94. The number of hydrogen-bond donors (Lipinski definition) is 2. The molecule has 11 nitrogen and oxygen atoms in total. The molecule has 5 aromatic rings. The van der Waals surface area contributed by atoms with E-state index in [1.54, 1.807) is 24.1 Å². The maximum Gasteiger partial charge on any atom is 0.320 e. The van der Waals surface area contributed by atoms with Gasteiger partial charge in [0, 0.05) is 25.2 Å². The molecular formula is C41H51F2N7O4Si. The summed E-state index contributed by atoms with van der Waals surface area (Å²) in [4.78, 5) is 16.0. The lowest BCUT2D eigenvalue weighted by molar-refractivity contribution is 0.126. The van der Waals surface area contributed by atoms with Crippen molar-refractivity contribution in [3.05, 3.63) is 114 Å². The maximum absolute atomic E-state index is 14.5. The summed E-state index contributed by atoms with van der Waals surface area (Å²) < 4.78 is 50.1. The summed E-state index contributed by atoms with van der Waals surface area (Å²) >= 11 is 0. The number of hydrogen-bond acceptors (Lipinski definition) is 7. The Labute approximate surface area is 322 Å². The summed E-state index contributed by atoms with van der Waals surface area (Å²) in [5.41, 5.74) is 3.86. The summed E-state index contributed by atoms with van der Waals surface area (Å²) in [6.07, 6.45) is 3.54. The second kappa shape index (κ2) is 16.3. The first-order valence-electron chi connectivity index (χ1n) is 18.5. The predicted octanol–water partition coefficient (Wildman–Crippen LogP) is 8.30. The highest BCUT2D eigenvalue weighted by atomic mass is 28.4. The Morgan fingerprint density at radius 3 is 2.40 bits per heavy atom. The van der Waals surface area contributed by atoms with E-state index in [0.717, 1.165) is 28.8 Å². The first-order valence-corrected chi connectivity index (χ1v) is 21.4. The van der Waals surface area contributed by atoms with Crippen LogP contribution < -0.4 is 25.0 Å². The molecule has 2 amide bonds. The van der Waals surface area contributed by atoms with Gasteiger partial charge in [-0.3, -0.25) is 10.00 Å². The van der Waals surface area contributed by atoms with Crippen LogP contribution in [-0.4, -0.2) is 72.9 Å². The molecule has 3 aromatic carbocycles. The number of ether oxygens (including phenoxy) is 2. The Bertz CT molecular complexity index is 2080. The van der Waals surface area contributed by atoms with Gasteiger partial charge in [0.15, 0.2) is 20.0 Å². The zero-order valence-electron chi connectivity index (χ0n) is 32.8. The molecule has 1 fully saturated rings. The van der Waals surface area contributed by atoms with E-state index in [1.807, 2.05) is 79.3 Å². The molecule has 1 aliphatic rings. The van der Waals surface area contributed by atoms with E-state index in [-0.39, 0.29) is 23.7 Å². The Kier molecular flexibility index (Phi) is 11.7. The lowest BCUT2D eigenvalue weighted by Gasteiger charge is -2.38. The van der Waals surface area contributed by atoms with Gasteiger partial charge in [0.25, 0.3) is 0 Å². The minimum atomic E-state index is -2.02. The Balaban J connectivity index is 1.21. The molecule has 1 saturated heterocycles. The number of nitrogens with one attached hydrogen (secondary N) is 2. The number of anilines is 2. The second-order valence-corrected chi connectivity index (χ2v) is 20.4. The van der Waals surface area contributed by atoms with Crippen molar-refractivity contribution in [1.29, 1.82) is 0 Å². The first kappa shape index (κ1) is 39.5. The number of rotatable bonds is 13. The minimum absolute atomic E-state index is 0.0522. The van der Waals surface area contributed by atoms with Gasteiger partial charge in [0.2, 0.25) is 5.88 Å². The van der Waals surface area contributed by atoms with Crippen LogP contribution in [0.1, 0.15) is 50.3 Å². The Morgan fingerprint density at radius 2 is 1.73 bits per heavy atom. The van der Waals surface area contributed by atoms with Gasteiger partial charge >= 0.3 is 6.03 Å². The Hall–Kier alpha value is -5.21. The molecule has 0 spiro atoms. The van der Waals surface area contributed by atoms with E-state index in [2.05, 4.69) is 54.5 Å². The van der Waals surface area contributed by atoms with Crippen molar-refractivity contribution in [3.63, 3.8) is 0 Å². The van der Waals surface area contributed by atoms with Crippen LogP contribution in [0.25, 0.3) is 5.69 Å². The van der Waals surface area contributed by atoms with Gasteiger partial charge in [-0.2, -0.15) is 5.10 Å². The highest BCUT2D eigenvalue weighted by Crippen LogP contribution is 2.38. The molecule has 55 heavy (non-hydrogen) atoms. The van der Waals surface area contributed by atoms with Gasteiger partial charge in [0.1, 0.15) is 18.2 Å². The number of methoxy groups -OCH3 is 1. The topological polar surface area (TPSA) is 108 Å². The molecule has 3 atom stereocenters. The van der Waals surface area contributed by atoms with Crippen molar-refractivity contribution in [2.24, 2.45) is 0 Å². The summed E-state index contributed by atoms with van der Waals surface area (Å²) in [5.74, 6) is -0.626. The Morgan fingerprint density at radius 1 is 1.00 bits per heavy atom. The predicted molar refractivity (Wildman–Crippen MR) is 213 cm³/mol. The number of para-hydroxylation sites is 1. The number of urea groups is 1. The van der Waals surface area contributed by atoms with Crippen molar-refractivity contribution in [1.82, 2.24) is 24.9 Å². The fourth-order valence-electron chi connectivity index (χ4n) is 6.50. The molecule has 2 N–H and O–H groups in total. The van der Waals surface area contributed by atoms with Gasteiger partial charge in [-0.05, 0) is 79.5 Å². The molecule has 0 unspecified atom stereocenters. The third kappa shape index (κ3) is 9.19. The summed E-state index contributed by atoms with van der Waals surface area (Å²) in [5, 5.41) is 15.5. The number of carbonyl (C=O) groups is 1. The molecule has 3 heterocycles. The summed E-state index contributed by atoms with van der Waals surface area (Å²) in [6.45, 7) is 16.5. The minimum Gasteiger partial charge on any atom is -0.497 e. The number of aromatic nitrogens is 4. The van der Waals surface area contributed by atoms with Crippen molar-refractivity contribution in [2.75, 3.05) is 37.0 Å². The van der Waals surface area contributed by atoms with Gasteiger partial charge in [-0.1, -0.05) is 57.2 Å². The van der Waals surface area contributed by atoms with E-state index in [0.29, 0.717) is 42.5 Å². The highest BCUT2D eigenvalue weighted by Gasteiger charge is 2.39. The number of benzene rings is 3. The lowest BCUT2D eigenvalue weighted by Crippen LogP contribution is -2.44. The second-order valence-electron chi connectivity index (χ2n) is 15.7. The average Bonchev–Trinajstić information content (AvgIpc) is 3.86. The third-order valence-electron chi connectivity index (χ3n) is 10.6. The summed E-state index contributed by atoms with van der Waals surface area (Å²) in [6, 6.07) is 20.2. The molecule has 0 radical (unpaired) electrons. The first-order chi connectivity index (χ1) is 26.1. The monoisotopic (exact) mass is 771 g/mol. The molecule has 1 aliphatic heterocycles. The molecular weight excluding hydrogens is 721 g/mol.